The van der Waals surface area contributed by atoms with Gasteiger partial charge in [-0.3, -0.25) is 0 Å². The van der Waals surface area contributed by atoms with Gasteiger partial charge in [-0.1, -0.05) is 25.3 Å². The SMILES string of the molecule is Cc1ccc(N=C(N)C2CCCCC2)c(Br)c1. The Morgan fingerprint density at radius 3 is 2.65 bits per heavy atom. The molecule has 17 heavy (non-hydrogen) atoms. The summed E-state index contributed by atoms with van der Waals surface area (Å²) in [6, 6.07) is 6.17. The highest BCUT2D eigenvalue weighted by Gasteiger charge is 2.17. The molecule has 0 spiro atoms. The molecule has 92 valence electrons. The standard InChI is InChI=1S/C14H19BrN2/c1-10-7-8-13(12(15)9-10)17-14(16)11-5-3-2-4-6-11/h7-9,11H,2-6H2,1H3,(H2,16,17). The molecular weight excluding hydrogens is 276 g/mol. The van der Waals surface area contributed by atoms with Crippen molar-refractivity contribution in [1.82, 2.24) is 0 Å². The van der Waals surface area contributed by atoms with E-state index in [1.54, 1.807) is 0 Å². The van der Waals surface area contributed by atoms with Crippen molar-refractivity contribution in [3.05, 3.63) is 28.2 Å². The van der Waals surface area contributed by atoms with E-state index in [9.17, 15) is 0 Å². The quantitative estimate of drug-likeness (QED) is 0.640. The minimum atomic E-state index is 0.483. The number of halogens is 1. The Morgan fingerprint density at radius 2 is 2.00 bits per heavy atom. The lowest BCUT2D eigenvalue weighted by atomic mass is 9.88. The van der Waals surface area contributed by atoms with Gasteiger partial charge >= 0.3 is 0 Å². The van der Waals surface area contributed by atoms with Crippen LogP contribution in [0.2, 0.25) is 0 Å². The van der Waals surface area contributed by atoms with Crippen molar-refractivity contribution in [1.29, 1.82) is 0 Å². The van der Waals surface area contributed by atoms with Gasteiger partial charge in [0.25, 0.3) is 0 Å². The molecule has 0 saturated heterocycles. The summed E-state index contributed by atoms with van der Waals surface area (Å²) in [4.78, 5) is 4.57. The van der Waals surface area contributed by atoms with Gasteiger partial charge < -0.3 is 5.73 Å². The lowest BCUT2D eigenvalue weighted by Crippen LogP contribution is -2.25. The summed E-state index contributed by atoms with van der Waals surface area (Å²) in [5.74, 6) is 1.28. The first kappa shape index (κ1) is 12.6. The molecule has 2 N–H and O–H groups in total. The van der Waals surface area contributed by atoms with E-state index in [-0.39, 0.29) is 0 Å². The average molecular weight is 295 g/mol. The highest BCUT2D eigenvalue weighted by Crippen LogP contribution is 2.29. The molecule has 1 aromatic carbocycles. The lowest BCUT2D eigenvalue weighted by Gasteiger charge is -2.20. The first-order chi connectivity index (χ1) is 8.16. The average Bonchev–Trinajstić information content (AvgIpc) is 2.34. The zero-order chi connectivity index (χ0) is 12.3. The van der Waals surface area contributed by atoms with E-state index in [1.807, 2.05) is 6.07 Å². The number of hydrogen-bond acceptors (Lipinski definition) is 1. The number of nitrogens with two attached hydrogens (primary N) is 1. The minimum Gasteiger partial charge on any atom is -0.387 e. The van der Waals surface area contributed by atoms with Gasteiger partial charge in [0.1, 0.15) is 5.84 Å². The molecule has 0 amide bonds. The second-order valence-corrected chi connectivity index (χ2v) is 5.68. The molecule has 1 aliphatic rings. The molecule has 3 heteroatoms. The van der Waals surface area contributed by atoms with E-state index in [1.165, 1.54) is 37.7 Å². The summed E-state index contributed by atoms with van der Waals surface area (Å²) < 4.78 is 1.02. The van der Waals surface area contributed by atoms with Gasteiger partial charge in [-0.15, -0.1) is 0 Å². The number of benzene rings is 1. The first-order valence-electron chi connectivity index (χ1n) is 6.27. The maximum Gasteiger partial charge on any atom is 0.103 e. The Bertz CT molecular complexity index is 420. The third kappa shape index (κ3) is 3.32. The van der Waals surface area contributed by atoms with Gasteiger partial charge in [0.2, 0.25) is 0 Å². The Kier molecular flexibility index (Phi) is 4.21. The Hall–Kier alpha value is -0.830. The van der Waals surface area contributed by atoms with Crippen LogP contribution in [0.4, 0.5) is 5.69 Å². The van der Waals surface area contributed by atoms with Gasteiger partial charge in [-0.25, -0.2) is 4.99 Å². The van der Waals surface area contributed by atoms with E-state index in [0.29, 0.717) is 5.92 Å². The molecule has 2 nitrogen and oxygen atoms in total. The summed E-state index contributed by atoms with van der Waals surface area (Å²) in [7, 11) is 0. The molecule has 1 fully saturated rings. The number of aryl methyl sites for hydroxylation is 1. The molecule has 0 radical (unpaired) electrons. The number of hydrogen-bond donors (Lipinski definition) is 1. The van der Waals surface area contributed by atoms with Crippen LogP contribution in [-0.2, 0) is 0 Å². The normalized spacial score (nSPS) is 18.4. The Morgan fingerprint density at radius 1 is 1.29 bits per heavy atom. The topological polar surface area (TPSA) is 38.4 Å². The zero-order valence-corrected chi connectivity index (χ0v) is 11.8. The van der Waals surface area contributed by atoms with Crippen molar-refractivity contribution in [2.24, 2.45) is 16.6 Å². The Labute approximate surface area is 111 Å². The summed E-state index contributed by atoms with van der Waals surface area (Å²) in [5.41, 5.74) is 8.29. The van der Waals surface area contributed by atoms with E-state index < -0.39 is 0 Å². The molecule has 0 aromatic heterocycles. The second kappa shape index (κ2) is 5.67. The number of nitrogens with zero attached hydrogens (tertiary/aromatic N) is 1. The van der Waals surface area contributed by atoms with Gasteiger partial charge in [0, 0.05) is 10.4 Å². The summed E-state index contributed by atoms with van der Waals surface area (Å²) >= 11 is 3.54. The van der Waals surface area contributed by atoms with Crippen LogP contribution >= 0.6 is 15.9 Å². The summed E-state index contributed by atoms with van der Waals surface area (Å²) in [5, 5.41) is 0. The Balaban J connectivity index is 2.16. The molecule has 1 aliphatic carbocycles. The van der Waals surface area contributed by atoms with Crippen LogP contribution in [0.25, 0.3) is 0 Å². The second-order valence-electron chi connectivity index (χ2n) is 4.83. The largest absolute Gasteiger partial charge is 0.387 e. The van der Waals surface area contributed by atoms with Crippen molar-refractivity contribution < 1.29 is 0 Å². The molecule has 1 aromatic rings. The number of rotatable bonds is 2. The van der Waals surface area contributed by atoms with Gasteiger partial charge in [-0.2, -0.15) is 0 Å². The third-order valence-corrected chi connectivity index (χ3v) is 4.01. The molecule has 0 aliphatic heterocycles. The molecule has 0 heterocycles. The van der Waals surface area contributed by atoms with Gasteiger partial charge in [0.05, 0.1) is 5.69 Å². The molecule has 1 saturated carbocycles. The van der Waals surface area contributed by atoms with Crippen molar-refractivity contribution >= 4 is 27.5 Å². The van der Waals surface area contributed by atoms with Crippen LogP contribution in [0.5, 0.6) is 0 Å². The monoisotopic (exact) mass is 294 g/mol. The maximum absolute atomic E-state index is 6.12. The van der Waals surface area contributed by atoms with Crippen molar-refractivity contribution in [3.63, 3.8) is 0 Å². The van der Waals surface area contributed by atoms with Crippen LogP contribution in [0.15, 0.2) is 27.7 Å². The van der Waals surface area contributed by atoms with Crippen molar-refractivity contribution in [3.8, 4) is 0 Å². The third-order valence-electron chi connectivity index (χ3n) is 3.38. The summed E-state index contributed by atoms with van der Waals surface area (Å²) in [6.45, 7) is 2.07. The molecule has 2 rings (SSSR count). The van der Waals surface area contributed by atoms with Crippen LogP contribution < -0.4 is 5.73 Å². The first-order valence-corrected chi connectivity index (χ1v) is 7.06. The van der Waals surface area contributed by atoms with E-state index in [0.717, 1.165) is 16.0 Å². The lowest BCUT2D eigenvalue weighted by molar-refractivity contribution is 0.437. The highest BCUT2D eigenvalue weighted by molar-refractivity contribution is 9.10. The van der Waals surface area contributed by atoms with Crippen LogP contribution in [0.3, 0.4) is 0 Å². The number of amidine groups is 1. The predicted octanol–water partition coefficient (Wildman–Crippen LogP) is 4.33. The zero-order valence-electron chi connectivity index (χ0n) is 10.2. The van der Waals surface area contributed by atoms with Gasteiger partial charge in [0.15, 0.2) is 0 Å². The number of aliphatic imine (C=N–C) groups is 1. The van der Waals surface area contributed by atoms with Crippen LogP contribution in [-0.4, -0.2) is 5.84 Å². The van der Waals surface area contributed by atoms with E-state index >= 15 is 0 Å². The highest BCUT2D eigenvalue weighted by atomic mass is 79.9. The van der Waals surface area contributed by atoms with E-state index in [4.69, 9.17) is 5.73 Å². The van der Waals surface area contributed by atoms with E-state index in [2.05, 4.69) is 40.0 Å². The maximum atomic E-state index is 6.12. The molecule has 0 bridgehead atoms. The van der Waals surface area contributed by atoms with Gasteiger partial charge in [-0.05, 0) is 53.4 Å². The van der Waals surface area contributed by atoms with Crippen LogP contribution in [0.1, 0.15) is 37.7 Å². The fourth-order valence-electron chi connectivity index (χ4n) is 2.33. The summed E-state index contributed by atoms with van der Waals surface area (Å²) in [6.07, 6.45) is 6.31. The molecule has 0 unspecified atom stereocenters. The predicted molar refractivity (Wildman–Crippen MR) is 76.7 cm³/mol. The van der Waals surface area contributed by atoms with Crippen molar-refractivity contribution in [2.45, 2.75) is 39.0 Å². The fraction of sp³-hybridized carbons (Fsp3) is 0.500. The van der Waals surface area contributed by atoms with Crippen molar-refractivity contribution in [2.75, 3.05) is 0 Å². The minimum absolute atomic E-state index is 0.483. The smallest absolute Gasteiger partial charge is 0.103 e. The fourth-order valence-corrected chi connectivity index (χ4v) is 2.91. The van der Waals surface area contributed by atoms with Crippen LogP contribution in [0, 0.1) is 12.8 Å². The molecular formula is C14H19BrN2. The molecule has 0 atom stereocenters.